The summed E-state index contributed by atoms with van der Waals surface area (Å²) in [6.45, 7) is 6.20. The van der Waals surface area contributed by atoms with Gasteiger partial charge >= 0.3 is 17.9 Å². The lowest BCUT2D eigenvalue weighted by atomic mass is 10.1. The van der Waals surface area contributed by atoms with Crippen LogP contribution in [0.2, 0.25) is 0 Å². The Morgan fingerprint density at radius 2 is 0.736 bits per heavy atom. The molecule has 0 spiro atoms. The van der Waals surface area contributed by atoms with E-state index in [9.17, 15) is 14.4 Å². The maximum absolute atomic E-state index is 12.6. The van der Waals surface area contributed by atoms with E-state index in [1.165, 1.54) is 0 Å². The highest BCUT2D eigenvalue weighted by atomic mass is 16.6. The van der Waals surface area contributed by atoms with Crippen molar-refractivity contribution in [1.29, 1.82) is 0 Å². The topological polar surface area (TPSA) is 78.9 Å². The number of ether oxygens (including phenoxy) is 3. The van der Waals surface area contributed by atoms with Crippen LogP contribution >= 0.6 is 0 Å². The van der Waals surface area contributed by atoms with Gasteiger partial charge in [-0.25, -0.2) is 0 Å². The third-order valence-electron chi connectivity index (χ3n) is 8.08. The fraction of sp³-hybridized carbons (Fsp3) is 0.596. The summed E-state index contributed by atoms with van der Waals surface area (Å²) in [4.78, 5) is 37.4. The minimum atomic E-state index is -0.811. The Bertz CT molecular complexity index is 1120. The molecule has 0 aromatic rings. The van der Waals surface area contributed by atoms with Gasteiger partial charge in [0.15, 0.2) is 6.10 Å². The predicted molar refractivity (Wildman–Crippen MR) is 224 cm³/mol. The van der Waals surface area contributed by atoms with E-state index in [1.807, 2.05) is 0 Å². The predicted octanol–water partition coefficient (Wildman–Crippen LogP) is 13.1. The molecule has 0 aliphatic heterocycles. The van der Waals surface area contributed by atoms with Crippen LogP contribution in [0.3, 0.4) is 0 Å². The molecule has 0 saturated carbocycles. The second-order valence-electron chi connectivity index (χ2n) is 13.1. The monoisotopic (exact) mass is 735 g/mol. The lowest BCUT2D eigenvalue weighted by Gasteiger charge is -2.18. The van der Waals surface area contributed by atoms with Crippen LogP contribution in [0.5, 0.6) is 0 Å². The molecule has 1 atom stereocenters. The second kappa shape index (κ2) is 41.1. The van der Waals surface area contributed by atoms with E-state index < -0.39 is 6.10 Å². The van der Waals surface area contributed by atoms with E-state index in [4.69, 9.17) is 14.2 Å². The third-order valence-corrected chi connectivity index (χ3v) is 8.08. The van der Waals surface area contributed by atoms with E-state index in [0.717, 1.165) is 109 Å². The van der Waals surface area contributed by atoms with Gasteiger partial charge < -0.3 is 14.2 Å². The molecule has 0 bridgehead atoms. The third kappa shape index (κ3) is 39.4. The van der Waals surface area contributed by atoms with E-state index in [1.54, 1.807) is 0 Å². The molecule has 0 aromatic carbocycles. The SMILES string of the molecule is CC/C=C\C/C=C\C/C=C\C/C=C\CCCCC(=O)OCC(COC(=O)CCCCCCC)OC(=O)CCCC/C=C\C/C=C\C/C=C\C/C=C\CC. The number of hydrogen-bond acceptors (Lipinski definition) is 6. The lowest BCUT2D eigenvalue weighted by Crippen LogP contribution is -2.30. The number of esters is 3. The summed E-state index contributed by atoms with van der Waals surface area (Å²) in [7, 11) is 0. The first-order valence-corrected chi connectivity index (χ1v) is 20.7. The van der Waals surface area contributed by atoms with Crippen molar-refractivity contribution in [2.75, 3.05) is 13.2 Å². The van der Waals surface area contributed by atoms with Crippen molar-refractivity contribution >= 4 is 17.9 Å². The summed E-state index contributed by atoms with van der Waals surface area (Å²) >= 11 is 0. The Morgan fingerprint density at radius 3 is 1.13 bits per heavy atom. The first-order chi connectivity index (χ1) is 26.0. The highest BCUT2D eigenvalue weighted by molar-refractivity contribution is 5.71. The summed E-state index contributed by atoms with van der Waals surface area (Å²) in [6, 6.07) is 0. The fourth-order valence-corrected chi connectivity index (χ4v) is 5.01. The van der Waals surface area contributed by atoms with Crippen LogP contribution in [-0.4, -0.2) is 37.2 Å². The van der Waals surface area contributed by atoms with Crippen LogP contribution in [0, 0.1) is 0 Å². The maximum atomic E-state index is 12.6. The molecule has 6 heteroatoms. The van der Waals surface area contributed by atoms with Crippen molar-refractivity contribution in [2.24, 2.45) is 0 Å². The Hall–Kier alpha value is -3.67. The van der Waals surface area contributed by atoms with Gasteiger partial charge in [-0.2, -0.15) is 0 Å². The minimum absolute atomic E-state index is 0.111. The molecule has 0 aromatic heterocycles. The number of carbonyl (C=O) groups excluding carboxylic acids is 3. The number of rotatable bonds is 35. The molecular weight excluding hydrogens is 661 g/mol. The Kier molecular flexibility index (Phi) is 38.2. The average molecular weight is 735 g/mol. The minimum Gasteiger partial charge on any atom is -0.462 e. The summed E-state index contributed by atoms with van der Waals surface area (Å²) in [5.74, 6) is -1.02. The summed E-state index contributed by atoms with van der Waals surface area (Å²) in [6.07, 6.45) is 52.8. The number of carbonyl (C=O) groups is 3. The van der Waals surface area contributed by atoms with Crippen LogP contribution in [-0.2, 0) is 28.6 Å². The molecule has 0 rings (SSSR count). The number of unbranched alkanes of at least 4 members (excludes halogenated alkanes) is 8. The summed E-state index contributed by atoms with van der Waals surface area (Å²) in [5, 5.41) is 0. The van der Waals surface area contributed by atoms with E-state index in [0.29, 0.717) is 25.7 Å². The van der Waals surface area contributed by atoms with Crippen molar-refractivity contribution in [3.8, 4) is 0 Å². The molecule has 0 N–H and O–H groups in total. The fourth-order valence-electron chi connectivity index (χ4n) is 5.01. The van der Waals surface area contributed by atoms with Crippen LogP contribution in [0.25, 0.3) is 0 Å². The zero-order chi connectivity index (χ0) is 38.7. The van der Waals surface area contributed by atoms with E-state index in [-0.39, 0.29) is 37.5 Å². The lowest BCUT2D eigenvalue weighted by molar-refractivity contribution is -0.167. The standard InChI is InChI=1S/C47H74O6/c1-4-7-10-13-15-17-19-21-23-25-27-29-31-34-37-40-46(49)52-43-44(42-51-45(48)39-36-33-12-9-6-3)53-47(50)41-38-35-32-30-28-26-24-22-20-18-16-14-11-8-5-2/h7-8,10-11,15-18,21-24,27-30,44H,4-6,9,12-14,19-20,25-26,31-43H2,1-3H3/b10-7-,11-8-,17-15-,18-16-,23-21-,24-22-,29-27-,30-28-. The number of allylic oxidation sites excluding steroid dienone is 16. The molecule has 1 unspecified atom stereocenters. The Morgan fingerprint density at radius 1 is 0.396 bits per heavy atom. The van der Waals surface area contributed by atoms with Gasteiger partial charge in [0.05, 0.1) is 0 Å². The highest BCUT2D eigenvalue weighted by Gasteiger charge is 2.19. The normalized spacial score (nSPS) is 13.0. The molecule has 0 saturated heterocycles. The summed E-state index contributed by atoms with van der Waals surface area (Å²) < 4.78 is 16.5. The van der Waals surface area contributed by atoms with Crippen molar-refractivity contribution in [3.63, 3.8) is 0 Å². The molecule has 0 aliphatic rings. The van der Waals surface area contributed by atoms with Crippen molar-refractivity contribution in [1.82, 2.24) is 0 Å². The second-order valence-corrected chi connectivity index (χ2v) is 13.1. The van der Waals surface area contributed by atoms with Gasteiger partial charge in [-0.1, -0.05) is 144 Å². The largest absolute Gasteiger partial charge is 0.462 e. The molecular formula is C47H74O6. The quantitative estimate of drug-likeness (QED) is 0.0279. The van der Waals surface area contributed by atoms with Gasteiger partial charge in [0.25, 0.3) is 0 Å². The zero-order valence-corrected chi connectivity index (χ0v) is 33.7. The van der Waals surface area contributed by atoms with Gasteiger partial charge in [0.2, 0.25) is 0 Å². The maximum Gasteiger partial charge on any atom is 0.306 e. The Balaban J connectivity index is 4.44. The highest BCUT2D eigenvalue weighted by Crippen LogP contribution is 2.10. The van der Waals surface area contributed by atoms with Gasteiger partial charge in [-0.05, 0) is 96.3 Å². The van der Waals surface area contributed by atoms with Crippen molar-refractivity contribution < 1.29 is 28.6 Å². The molecule has 0 fully saturated rings. The molecule has 53 heavy (non-hydrogen) atoms. The molecule has 0 radical (unpaired) electrons. The van der Waals surface area contributed by atoms with Crippen molar-refractivity contribution in [3.05, 3.63) is 97.2 Å². The first kappa shape index (κ1) is 49.3. The Labute approximate surface area is 324 Å². The molecule has 298 valence electrons. The molecule has 6 nitrogen and oxygen atoms in total. The smallest absolute Gasteiger partial charge is 0.306 e. The summed E-state index contributed by atoms with van der Waals surface area (Å²) in [5.41, 5.74) is 0. The first-order valence-electron chi connectivity index (χ1n) is 20.7. The molecule has 0 aliphatic carbocycles. The van der Waals surface area contributed by atoms with E-state index in [2.05, 4.69) is 118 Å². The number of hydrogen-bond donors (Lipinski definition) is 0. The molecule has 0 amide bonds. The zero-order valence-electron chi connectivity index (χ0n) is 33.7. The van der Waals surface area contributed by atoms with Crippen LogP contribution in [0.4, 0.5) is 0 Å². The average Bonchev–Trinajstić information content (AvgIpc) is 3.15. The molecule has 0 heterocycles. The van der Waals surface area contributed by atoms with Crippen LogP contribution < -0.4 is 0 Å². The van der Waals surface area contributed by atoms with Crippen LogP contribution in [0.15, 0.2) is 97.2 Å². The van der Waals surface area contributed by atoms with Crippen molar-refractivity contribution in [2.45, 2.75) is 168 Å². The van der Waals surface area contributed by atoms with Gasteiger partial charge in [0.1, 0.15) is 13.2 Å². The van der Waals surface area contributed by atoms with Gasteiger partial charge in [-0.3, -0.25) is 14.4 Å². The van der Waals surface area contributed by atoms with Crippen LogP contribution in [0.1, 0.15) is 162 Å². The van der Waals surface area contributed by atoms with E-state index >= 15 is 0 Å². The van der Waals surface area contributed by atoms with Gasteiger partial charge in [-0.15, -0.1) is 0 Å². The van der Waals surface area contributed by atoms with Gasteiger partial charge in [0, 0.05) is 19.3 Å².